The molecule has 0 aliphatic heterocycles. The van der Waals surface area contributed by atoms with Gasteiger partial charge < -0.3 is 15.3 Å². The normalized spacial score (nSPS) is 16.2. The van der Waals surface area contributed by atoms with Gasteiger partial charge in [0.1, 0.15) is 0 Å². The van der Waals surface area contributed by atoms with E-state index in [2.05, 4.69) is 5.32 Å². The van der Waals surface area contributed by atoms with E-state index in [-0.39, 0.29) is 23.8 Å². The number of hydrogen-bond donors (Lipinski definition) is 2. The average Bonchev–Trinajstić information content (AvgIpc) is 3.24. The largest absolute Gasteiger partial charge is 0.395 e. The van der Waals surface area contributed by atoms with Crippen LogP contribution in [0.25, 0.3) is 0 Å². The van der Waals surface area contributed by atoms with E-state index >= 15 is 0 Å². The van der Waals surface area contributed by atoms with E-state index in [4.69, 9.17) is 16.7 Å². The first-order chi connectivity index (χ1) is 9.60. The maximum atomic E-state index is 11.6. The second-order valence-electron chi connectivity index (χ2n) is 5.34. The SMILES string of the molecule is CN(CCO)CC(Cl)c1ccc(NC(=O)C2CC2)cc1. The molecule has 1 fully saturated rings. The van der Waals surface area contributed by atoms with Gasteiger partial charge in [-0.25, -0.2) is 0 Å². The summed E-state index contributed by atoms with van der Waals surface area (Å²) in [4.78, 5) is 13.6. The molecule has 0 aromatic heterocycles. The van der Waals surface area contributed by atoms with Crippen LogP contribution in [0.3, 0.4) is 0 Å². The highest BCUT2D eigenvalue weighted by Gasteiger charge is 2.29. The Hall–Kier alpha value is -1.10. The molecular weight excluding hydrogens is 276 g/mol. The highest BCUT2D eigenvalue weighted by Crippen LogP contribution is 2.30. The summed E-state index contributed by atoms with van der Waals surface area (Å²) in [6, 6.07) is 7.65. The van der Waals surface area contributed by atoms with Crippen molar-refractivity contribution in [1.82, 2.24) is 4.90 Å². The Morgan fingerprint density at radius 1 is 1.45 bits per heavy atom. The van der Waals surface area contributed by atoms with Crippen LogP contribution in [0, 0.1) is 5.92 Å². The van der Waals surface area contributed by atoms with Crippen LogP contribution in [0.2, 0.25) is 0 Å². The van der Waals surface area contributed by atoms with Crippen LogP contribution in [-0.2, 0) is 4.79 Å². The summed E-state index contributed by atoms with van der Waals surface area (Å²) >= 11 is 6.34. The molecule has 4 nitrogen and oxygen atoms in total. The summed E-state index contributed by atoms with van der Waals surface area (Å²) in [6.45, 7) is 1.42. The number of aliphatic hydroxyl groups excluding tert-OH is 1. The van der Waals surface area contributed by atoms with Gasteiger partial charge >= 0.3 is 0 Å². The first kappa shape index (κ1) is 15.3. The molecule has 0 bridgehead atoms. The Morgan fingerprint density at radius 3 is 2.65 bits per heavy atom. The minimum absolute atomic E-state index is 0.114. The van der Waals surface area contributed by atoms with Crippen molar-refractivity contribution in [2.45, 2.75) is 18.2 Å². The summed E-state index contributed by atoms with van der Waals surface area (Å²) in [7, 11) is 1.93. The molecule has 1 aromatic rings. The molecule has 0 heterocycles. The monoisotopic (exact) mass is 296 g/mol. The van der Waals surface area contributed by atoms with E-state index < -0.39 is 0 Å². The van der Waals surface area contributed by atoms with Crippen LogP contribution >= 0.6 is 11.6 Å². The molecular formula is C15H21ClN2O2. The minimum atomic E-state index is -0.125. The molecule has 0 radical (unpaired) electrons. The lowest BCUT2D eigenvalue weighted by Crippen LogP contribution is -2.25. The van der Waals surface area contributed by atoms with Crippen molar-refractivity contribution in [1.29, 1.82) is 0 Å². The fourth-order valence-electron chi connectivity index (χ4n) is 2.01. The number of carbonyl (C=O) groups is 1. The Balaban J connectivity index is 1.88. The number of halogens is 1. The van der Waals surface area contributed by atoms with E-state index in [9.17, 15) is 4.79 Å². The first-order valence-corrected chi connectivity index (χ1v) is 7.38. The van der Waals surface area contributed by atoms with E-state index in [0.717, 1.165) is 24.1 Å². The van der Waals surface area contributed by atoms with Gasteiger partial charge in [0.15, 0.2) is 0 Å². The lowest BCUT2D eigenvalue weighted by molar-refractivity contribution is -0.117. The highest BCUT2D eigenvalue weighted by atomic mass is 35.5. The number of amides is 1. The molecule has 0 saturated heterocycles. The molecule has 1 aromatic carbocycles. The molecule has 2 N–H and O–H groups in total. The standard InChI is InChI=1S/C15H21ClN2O2/c1-18(8-9-19)10-14(16)11-4-6-13(7-5-11)17-15(20)12-2-3-12/h4-7,12,14,19H,2-3,8-10H2,1H3,(H,17,20). The van der Waals surface area contributed by atoms with Gasteiger partial charge in [0.2, 0.25) is 5.91 Å². The molecule has 1 amide bonds. The molecule has 1 aliphatic rings. The Morgan fingerprint density at radius 2 is 2.10 bits per heavy atom. The number of hydrogen-bond acceptors (Lipinski definition) is 3. The van der Waals surface area contributed by atoms with E-state index in [1.165, 1.54) is 0 Å². The minimum Gasteiger partial charge on any atom is -0.395 e. The number of likely N-dealkylation sites (N-methyl/N-ethyl adjacent to an activating group) is 1. The van der Waals surface area contributed by atoms with Gasteiger partial charge in [-0.05, 0) is 37.6 Å². The Bertz CT molecular complexity index is 446. The molecule has 20 heavy (non-hydrogen) atoms. The van der Waals surface area contributed by atoms with Crippen molar-refractivity contribution in [3.05, 3.63) is 29.8 Å². The number of nitrogens with one attached hydrogen (secondary N) is 1. The van der Waals surface area contributed by atoms with Gasteiger partial charge in [-0.15, -0.1) is 11.6 Å². The summed E-state index contributed by atoms with van der Waals surface area (Å²) in [5, 5.41) is 11.6. The lowest BCUT2D eigenvalue weighted by atomic mass is 10.1. The van der Waals surface area contributed by atoms with Crippen LogP contribution in [-0.4, -0.2) is 42.7 Å². The summed E-state index contributed by atoms with van der Waals surface area (Å²) in [5.74, 6) is 0.324. The smallest absolute Gasteiger partial charge is 0.227 e. The zero-order valence-corrected chi connectivity index (χ0v) is 12.4. The van der Waals surface area contributed by atoms with Crippen molar-refractivity contribution in [3.8, 4) is 0 Å². The number of alkyl halides is 1. The zero-order valence-electron chi connectivity index (χ0n) is 11.7. The van der Waals surface area contributed by atoms with E-state index in [0.29, 0.717) is 13.1 Å². The van der Waals surface area contributed by atoms with Crippen molar-refractivity contribution in [2.75, 3.05) is 32.1 Å². The van der Waals surface area contributed by atoms with Gasteiger partial charge in [-0.2, -0.15) is 0 Å². The fraction of sp³-hybridized carbons (Fsp3) is 0.533. The first-order valence-electron chi connectivity index (χ1n) is 6.94. The maximum Gasteiger partial charge on any atom is 0.227 e. The van der Waals surface area contributed by atoms with E-state index in [1.807, 2.05) is 36.2 Å². The fourth-order valence-corrected chi connectivity index (χ4v) is 2.39. The molecule has 2 rings (SSSR count). The summed E-state index contributed by atoms with van der Waals surface area (Å²) in [5.41, 5.74) is 1.83. The predicted molar refractivity (Wildman–Crippen MR) is 81.0 cm³/mol. The number of anilines is 1. The second kappa shape index (κ2) is 7.07. The van der Waals surface area contributed by atoms with Crippen LogP contribution in [0.1, 0.15) is 23.8 Å². The van der Waals surface area contributed by atoms with Gasteiger partial charge in [-0.3, -0.25) is 4.79 Å². The number of nitrogens with zero attached hydrogens (tertiary/aromatic N) is 1. The van der Waals surface area contributed by atoms with Crippen LogP contribution < -0.4 is 5.32 Å². The molecule has 1 aliphatic carbocycles. The quantitative estimate of drug-likeness (QED) is 0.759. The van der Waals surface area contributed by atoms with Crippen molar-refractivity contribution >= 4 is 23.2 Å². The molecule has 5 heteroatoms. The molecule has 1 unspecified atom stereocenters. The number of aliphatic hydroxyl groups is 1. The van der Waals surface area contributed by atoms with Crippen molar-refractivity contribution in [3.63, 3.8) is 0 Å². The molecule has 1 atom stereocenters. The van der Waals surface area contributed by atoms with Crippen LogP contribution in [0.15, 0.2) is 24.3 Å². The van der Waals surface area contributed by atoms with Gasteiger partial charge in [0, 0.05) is 24.7 Å². The number of carbonyl (C=O) groups excluding carboxylic acids is 1. The molecule has 110 valence electrons. The molecule has 1 saturated carbocycles. The number of benzene rings is 1. The lowest BCUT2D eigenvalue weighted by Gasteiger charge is -2.19. The average molecular weight is 297 g/mol. The maximum absolute atomic E-state index is 11.6. The summed E-state index contributed by atoms with van der Waals surface area (Å²) in [6.07, 6.45) is 2.01. The number of rotatable bonds is 7. The van der Waals surface area contributed by atoms with Gasteiger partial charge in [0.25, 0.3) is 0 Å². The van der Waals surface area contributed by atoms with Gasteiger partial charge in [0.05, 0.1) is 12.0 Å². The van der Waals surface area contributed by atoms with Crippen LogP contribution in [0.5, 0.6) is 0 Å². The highest BCUT2D eigenvalue weighted by molar-refractivity contribution is 6.21. The Kier molecular flexibility index (Phi) is 5.40. The molecule has 0 spiro atoms. The third-order valence-electron chi connectivity index (χ3n) is 3.44. The van der Waals surface area contributed by atoms with Crippen molar-refractivity contribution < 1.29 is 9.90 Å². The van der Waals surface area contributed by atoms with E-state index in [1.54, 1.807) is 0 Å². The topological polar surface area (TPSA) is 52.6 Å². The third-order valence-corrected chi connectivity index (χ3v) is 3.83. The van der Waals surface area contributed by atoms with Crippen LogP contribution in [0.4, 0.5) is 5.69 Å². The third kappa shape index (κ3) is 4.47. The Labute approximate surface area is 124 Å². The summed E-state index contributed by atoms with van der Waals surface area (Å²) < 4.78 is 0. The zero-order chi connectivity index (χ0) is 14.5. The van der Waals surface area contributed by atoms with Crippen molar-refractivity contribution in [2.24, 2.45) is 5.92 Å². The second-order valence-corrected chi connectivity index (χ2v) is 5.87. The predicted octanol–water partition coefficient (Wildman–Crippen LogP) is 2.24. The van der Waals surface area contributed by atoms with Gasteiger partial charge in [-0.1, -0.05) is 12.1 Å².